The van der Waals surface area contributed by atoms with Crippen LogP contribution in [0.2, 0.25) is 0 Å². The average Bonchev–Trinajstić information content (AvgIpc) is 2.79. The number of nitrogens with zero attached hydrogens (tertiary/aromatic N) is 2. The van der Waals surface area contributed by atoms with E-state index < -0.39 is 0 Å². The van der Waals surface area contributed by atoms with Gasteiger partial charge in [-0.3, -0.25) is 9.97 Å². The zero-order valence-corrected chi connectivity index (χ0v) is 9.11. The highest BCUT2D eigenvalue weighted by Gasteiger charge is 1.97. The monoisotopic (exact) mass is 220 g/mol. The summed E-state index contributed by atoms with van der Waals surface area (Å²) >= 11 is 1.84. The van der Waals surface area contributed by atoms with Gasteiger partial charge in [0.25, 0.3) is 0 Å². The summed E-state index contributed by atoms with van der Waals surface area (Å²) < 4.78 is 5.24. The molecule has 0 atom stereocenters. The van der Waals surface area contributed by atoms with Crippen molar-refractivity contribution in [3.05, 3.63) is 48.4 Å². The zero-order valence-electron chi connectivity index (χ0n) is 8.30. The van der Waals surface area contributed by atoms with E-state index in [0.717, 1.165) is 29.4 Å². The minimum absolute atomic E-state index is 0.924. The van der Waals surface area contributed by atoms with Gasteiger partial charge in [0.05, 0.1) is 17.7 Å². The Balaban J connectivity index is 1.68. The second kappa shape index (κ2) is 5.56. The quantitative estimate of drug-likeness (QED) is 0.726. The lowest BCUT2D eigenvalue weighted by Gasteiger charge is -1.98. The molecule has 78 valence electrons. The molecule has 0 unspecified atom stereocenters. The highest BCUT2D eigenvalue weighted by atomic mass is 32.2. The summed E-state index contributed by atoms with van der Waals surface area (Å²) in [6, 6.07) is 3.91. The van der Waals surface area contributed by atoms with Crippen LogP contribution < -0.4 is 0 Å². The Morgan fingerprint density at radius 1 is 1.33 bits per heavy atom. The second-order valence-corrected chi connectivity index (χ2v) is 4.18. The number of furan rings is 1. The lowest BCUT2D eigenvalue weighted by molar-refractivity contribution is 0.530. The highest BCUT2D eigenvalue weighted by Crippen LogP contribution is 2.13. The summed E-state index contributed by atoms with van der Waals surface area (Å²) in [5, 5.41) is 0. The van der Waals surface area contributed by atoms with Gasteiger partial charge in [-0.25, -0.2) is 0 Å². The van der Waals surface area contributed by atoms with Gasteiger partial charge in [-0.2, -0.15) is 11.8 Å². The molecule has 2 rings (SSSR count). The van der Waals surface area contributed by atoms with Gasteiger partial charge in [0, 0.05) is 25.0 Å². The van der Waals surface area contributed by atoms with E-state index in [1.165, 1.54) is 0 Å². The molecule has 2 aromatic heterocycles. The van der Waals surface area contributed by atoms with Crippen LogP contribution in [0.3, 0.4) is 0 Å². The molecule has 0 aliphatic carbocycles. The SMILES string of the molecule is c1coc(CSCCc2cnccn2)c1. The summed E-state index contributed by atoms with van der Waals surface area (Å²) in [6.07, 6.45) is 7.90. The van der Waals surface area contributed by atoms with E-state index in [1.54, 1.807) is 18.7 Å². The highest BCUT2D eigenvalue weighted by molar-refractivity contribution is 7.98. The van der Waals surface area contributed by atoms with Gasteiger partial charge in [0.2, 0.25) is 0 Å². The first kappa shape index (κ1) is 10.2. The summed E-state index contributed by atoms with van der Waals surface area (Å²) in [5.74, 6) is 2.99. The second-order valence-electron chi connectivity index (χ2n) is 3.08. The minimum atomic E-state index is 0.924. The van der Waals surface area contributed by atoms with Crippen molar-refractivity contribution in [2.24, 2.45) is 0 Å². The predicted octanol–water partition coefficient (Wildman–Crippen LogP) is 2.55. The van der Waals surface area contributed by atoms with E-state index >= 15 is 0 Å². The van der Waals surface area contributed by atoms with Crippen molar-refractivity contribution in [2.45, 2.75) is 12.2 Å². The van der Waals surface area contributed by atoms with Crippen LogP contribution in [0, 0.1) is 0 Å². The van der Waals surface area contributed by atoms with Crippen molar-refractivity contribution >= 4 is 11.8 Å². The smallest absolute Gasteiger partial charge is 0.113 e. The van der Waals surface area contributed by atoms with Crippen LogP contribution in [0.1, 0.15) is 11.5 Å². The van der Waals surface area contributed by atoms with Crippen molar-refractivity contribution in [3.63, 3.8) is 0 Å². The van der Waals surface area contributed by atoms with Crippen molar-refractivity contribution < 1.29 is 4.42 Å². The van der Waals surface area contributed by atoms with Crippen molar-refractivity contribution in [1.82, 2.24) is 9.97 Å². The zero-order chi connectivity index (χ0) is 10.3. The third kappa shape index (κ3) is 3.40. The number of aryl methyl sites for hydroxylation is 1. The summed E-state index contributed by atoms with van der Waals surface area (Å²) in [6.45, 7) is 0. The number of thioether (sulfide) groups is 1. The molecule has 0 spiro atoms. The number of hydrogen-bond donors (Lipinski definition) is 0. The molecule has 2 heterocycles. The molecule has 0 saturated carbocycles. The van der Waals surface area contributed by atoms with Gasteiger partial charge >= 0.3 is 0 Å². The van der Waals surface area contributed by atoms with Crippen LogP contribution in [-0.4, -0.2) is 15.7 Å². The summed E-state index contributed by atoms with van der Waals surface area (Å²) in [4.78, 5) is 8.24. The van der Waals surface area contributed by atoms with E-state index in [2.05, 4.69) is 9.97 Å². The van der Waals surface area contributed by atoms with Crippen LogP contribution in [0.25, 0.3) is 0 Å². The molecule has 0 amide bonds. The van der Waals surface area contributed by atoms with Crippen LogP contribution in [0.15, 0.2) is 41.4 Å². The van der Waals surface area contributed by atoms with Crippen molar-refractivity contribution in [3.8, 4) is 0 Å². The maximum Gasteiger partial charge on any atom is 0.113 e. The first-order valence-corrected chi connectivity index (χ1v) is 5.95. The van der Waals surface area contributed by atoms with Gasteiger partial charge in [0.1, 0.15) is 5.76 Å². The fraction of sp³-hybridized carbons (Fsp3) is 0.273. The van der Waals surface area contributed by atoms with Crippen LogP contribution in [-0.2, 0) is 12.2 Å². The van der Waals surface area contributed by atoms with Crippen LogP contribution in [0.5, 0.6) is 0 Å². The van der Waals surface area contributed by atoms with Gasteiger partial charge in [-0.15, -0.1) is 0 Å². The van der Waals surface area contributed by atoms with Gasteiger partial charge < -0.3 is 4.42 Å². The van der Waals surface area contributed by atoms with Crippen molar-refractivity contribution in [1.29, 1.82) is 0 Å². The van der Waals surface area contributed by atoms with E-state index in [9.17, 15) is 0 Å². The molecule has 0 aliphatic heterocycles. The van der Waals surface area contributed by atoms with E-state index in [1.807, 2.05) is 30.1 Å². The maximum absolute atomic E-state index is 5.24. The molecule has 15 heavy (non-hydrogen) atoms. The number of hydrogen-bond acceptors (Lipinski definition) is 4. The minimum Gasteiger partial charge on any atom is -0.468 e. The molecule has 0 N–H and O–H groups in total. The molecule has 0 aliphatic rings. The molecular weight excluding hydrogens is 208 g/mol. The van der Waals surface area contributed by atoms with Gasteiger partial charge in [0.15, 0.2) is 0 Å². The summed E-state index contributed by atoms with van der Waals surface area (Å²) in [7, 11) is 0. The fourth-order valence-electron chi connectivity index (χ4n) is 1.20. The molecule has 0 fully saturated rings. The molecule has 4 heteroatoms. The Morgan fingerprint density at radius 2 is 2.33 bits per heavy atom. The molecular formula is C11H12N2OS. The van der Waals surface area contributed by atoms with Gasteiger partial charge in [-0.1, -0.05) is 0 Å². The molecule has 0 bridgehead atoms. The number of rotatable bonds is 5. The molecule has 0 aromatic carbocycles. The Labute approximate surface area is 92.9 Å². The molecule has 3 nitrogen and oxygen atoms in total. The predicted molar refractivity (Wildman–Crippen MR) is 60.6 cm³/mol. The van der Waals surface area contributed by atoms with E-state index in [0.29, 0.717) is 0 Å². The Kier molecular flexibility index (Phi) is 3.79. The molecule has 0 radical (unpaired) electrons. The first-order valence-electron chi connectivity index (χ1n) is 4.80. The lowest BCUT2D eigenvalue weighted by atomic mass is 10.4. The molecule has 2 aromatic rings. The average molecular weight is 220 g/mol. The fourth-order valence-corrected chi connectivity index (χ4v) is 2.07. The Hall–Kier alpha value is -1.29. The summed E-state index contributed by atoms with van der Waals surface area (Å²) in [5.41, 5.74) is 1.05. The Morgan fingerprint density at radius 3 is 3.07 bits per heavy atom. The maximum atomic E-state index is 5.24. The van der Waals surface area contributed by atoms with Gasteiger partial charge in [-0.05, 0) is 17.9 Å². The Bertz CT molecular complexity index is 375. The first-order chi connectivity index (χ1) is 7.45. The van der Waals surface area contributed by atoms with Crippen LogP contribution >= 0.6 is 11.8 Å². The van der Waals surface area contributed by atoms with E-state index in [-0.39, 0.29) is 0 Å². The third-order valence-corrected chi connectivity index (χ3v) is 2.93. The molecule has 0 saturated heterocycles. The van der Waals surface area contributed by atoms with Crippen molar-refractivity contribution in [2.75, 3.05) is 5.75 Å². The third-order valence-electron chi connectivity index (χ3n) is 1.94. The largest absolute Gasteiger partial charge is 0.468 e. The number of aromatic nitrogens is 2. The topological polar surface area (TPSA) is 38.9 Å². The standard InChI is InChI=1S/C11H12N2OS/c1-2-11(14-6-1)9-15-7-3-10-8-12-4-5-13-10/h1-2,4-6,8H,3,7,9H2. The lowest BCUT2D eigenvalue weighted by Crippen LogP contribution is -1.93. The van der Waals surface area contributed by atoms with Crippen LogP contribution in [0.4, 0.5) is 0 Å². The van der Waals surface area contributed by atoms with E-state index in [4.69, 9.17) is 4.42 Å². The normalized spacial score (nSPS) is 10.4.